The number of benzene rings is 1. The molecule has 5 rings (SSSR count). The van der Waals surface area contributed by atoms with Gasteiger partial charge in [0.15, 0.2) is 5.58 Å². The summed E-state index contributed by atoms with van der Waals surface area (Å²) in [5, 5.41) is 6.51. The number of hydrogen-bond donors (Lipinski definition) is 3. The van der Waals surface area contributed by atoms with Crippen LogP contribution in [-0.4, -0.2) is 52.8 Å². The highest BCUT2D eigenvalue weighted by Gasteiger charge is 2.42. The zero-order chi connectivity index (χ0) is 21.8. The van der Waals surface area contributed by atoms with Crippen molar-refractivity contribution in [2.45, 2.75) is 37.6 Å². The second kappa shape index (κ2) is 7.38. The van der Waals surface area contributed by atoms with Crippen molar-refractivity contribution in [1.29, 1.82) is 0 Å². The van der Waals surface area contributed by atoms with Crippen LogP contribution in [0.5, 0.6) is 0 Å². The number of hydrogen-bond acceptors (Lipinski definition) is 6. The lowest BCUT2D eigenvalue weighted by Crippen LogP contribution is -2.51. The van der Waals surface area contributed by atoms with Crippen molar-refractivity contribution in [3.63, 3.8) is 0 Å². The molecule has 2 aromatic heterocycles. The number of nitrogens with zero attached hydrogens (tertiary/aromatic N) is 2. The number of alkyl halides is 3. The van der Waals surface area contributed by atoms with Crippen LogP contribution in [0, 0.1) is 0 Å². The Morgan fingerprint density at radius 2 is 2.06 bits per heavy atom. The first-order valence-electron chi connectivity index (χ1n) is 10.2. The predicted molar refractivity (Wildman–Crippen MR) is 109 cm³/mol. The van der Waals surface area contributed by atoms with Crippen molar-refractivity contribution in [1.82, 2.24) is 20.2 Å². The van der Waals surface area contributed by atoms with Crippen LogP contribution in [0.15, 0.2) is 39.7 Å². The average molecular weight is 433 g/mol. The van der Waals surface area contributed by atoms with Crippen LogP contribution in [0.2, 0.25) is 0 Å². The summed E-state index contributed by atoms with van der Waals surface area (Å²) in [6, 6.07) is 6.25. The Morgan fingerprint density at radius 1 is 1.26 bits per heavy atom. The first-order valence-corrected chi connectivity index (χ1v) is 10.2. The topological polar surface area (TPSA) is 86.2 Å². The maximum atomic E-state index is 13.4. The second-order valence-corrected chi connectivity index (χ2v) is 8.24. The number of oxazole rings is 1. The van der Waals surface area contributed by atoms with Crippen LogP contribution in [0.25, 0.3) is 11.1 Å². The van der Waals surface area contributed by atoms with E-state index in [2.05, 4.69) is 20.6 Å². The van der Waals surface area contributed by atoms with Crippen LogP contribution in [-0.2, 0) is 6.42 Å². The van der Waals surface area contributed by atoms with Gasteiger partial charge in [-0.3, -0.25) is 14.9 Å². The number of fused-ring (bicyclic) bond motifs is 3. The number of nitrogens with one attached hydrogen (secondary N) is 3. The summed E-state index contributed by atoms with van der Waals surface area (Å²) in [5.74, 6) is -0.579. The number of anilines is 1. The van der Waals surface area contributed by atoms with E-state index in [0.717, 1.165) is 24.3 Å². The molecule has 0 amide bonds. The molecule has 31 heavy (non-hydrogen) atoms. The fourth-order valence-corrected chi connectivity index (χ4v) is 4.46. The van der Waals surface area contributed by atoms with Crippen LogP contribution in [0.1, 0.15) is 29.8 Å². The minimum Gasteiger partial charge on any atom is -0.408 e. The molecule has 2 atom stereocenters. The largest absolute Gasteiger partial charge is 0.417 e. The highest BCUT2D eigenvalue weighted by atomic mass is 19.4. The fraction of sp³-hybridized carbons (Fsp3) is 0.429. The van der Waals surface area contributed by atoms with Crippen molar-refractivity contribution >= 4 is 16.8 Å². The Bertz CT molecular complexity index is 1150. The van der Waals surface area contributed by atoms with Crippen molar-refractivity contribution in [3.8, 4) is 0 Å². The molecule has 0 spiro atoms. The highest BCUT2D eigenvalue weighted by Crippen LogP contribution is 2.41. The van der Waals surface area contributed by atoms with Gasteiger partial charge in [0.25, 0.3) is 0 Å². The molecule has 0 bridgehead atoms. The molecule has 7 nitrogen and oxygen atoms in total. The summed E-state index contributed by atoms with van der Waals surface area (Å²) in [5.41, 5.74) is 3.72. The zero-order valence-electron chi connectivity index (χ0n) is 16.8. The van der Waals surface area contributed by atoms with Gasteiger partial charge in [-0.1, -0.05) is 6.07 Å². The lowest BCUT2D eigenvalue weighted by atomic mass is 9.86. The minimum absolute atomic E-state index is 0.328. The van der Waals surface area contributed by atoms with Crippen LogP contribution in [0.4, 0.5) is 18.9 Å². The highest BCUT2D eigenvalue weighted by molar-refractivity contribution is 5.78. The summed E-state index contributed by atoms with van der Waals surface area (Å²) in [4.78, 5) is 20.3. The number of H-pyrrole nitrogens is 1. The molecule has 2 aliphatic rings. The van der Waals surface area contributed by atoms with E-state index in [1.165, 1.54) is 4.90 Å². The van der Waals surface area contributed by atoms with Crippen LogP contribution < -0.4 is 16.4 Å². The number of pyridine rings is 1. The summed E-state index contributed by atoms with van der Waals surface area (Å²) in [6.45, 7) is 2.44. The van der Waals surface area contributed by atoms with E-state index in [-0.39, 0.29) is 0 Å². The van der Waals surface area contributed by atoms with E-state index < -0.39 is 30.6 Å². The van der Waals surface area contributed by atoms with Gasteiger partial charge in [-0.05, 0) is 37.1 Å². The zero-order valence-corrected chi connectivity index (χ0v) is 16.8. The van der Waals surface area contributed by atoms with Crippen molar-refractivity contribution in [3.05, 3.63) is 57.8 Å². The quantitative estimate of drug-likeness (QED) is 0.587. The van der Waals surface area contributed by atoms with Gasteiger partial charge in [-0.25, -0.2) is 4.79 Å². The maximum absolute atomic E-state index is 13.4. The third kappa shape index (κ3) is 3.81. The lowest BCUT2D eigenvalue weighted by Gasteiger charge is -2.41. The molecular formula is C21H22F3N5O2. The van der Waals surface area contributed by atoms with E-state index in [4.69, 9.17) is 4.42 Å². The van der Waals surface area contributed by atoms with Gasteiger partial charge in [0, 0.05) is 24.7 Å². The fourth-order valence-electron chi connectivity index (χ4n) is 4.46. The van der Waals surface area contributed by atoms with E-state index in [9.17, 15) is 18.0 Å². The van der Waals surface area contributed by atoms with Gasteiger partial charge in [0.05, 0.1) is 41.7 Å². The van der Waals surface area contributed by atoms with E-state index in [0.29, 0.717) is 34.8 Å². The number of aromatic amines is 1. The Hall–Kier alpha value is -2.85. The van der Waals surface area contributed by atoms with Crippen LogP contribution >= 0.6 is 0 Å². The van der Waals surface area contributed by atoms with Crippen molar-refractivity contribution in [2.24, 2.45) is 0 Å². The molecule has 1 saturated heterocycles. The van der Waals surface area contributed by atoms with Gasteiger partial charge in [0.2, 0.25) is 0 Å². The molecule has 0 saturated carbocycles. The standard InChI is InChI=1S/C21H22F3N5O2/c1-11-6-15-14(3-5-17-19(15)31-20(30)28-17)18(29(11)10-21(22,23)24)16-4-2-12(9-26-16)27-13-7-25-8-13/h2-5,9,11,13,18,25,27H,6-8,10H2,1H3,(H,28,30)/t11-,18+/m1/s1. The molecule has 3 aromatic rings. The molecule has 2 aliphatic heterocycles. The third-order valence-corrected chi connectivity index (χ3v) is 6.00. The molecule has 164 valence electrons. The molecule has 3 N–H and O–H groups in total. The Balaban J connectivity index is 1.58. The SMILES string of the molecule is C[C@@H]1Cc2c(ccc3[nH]c(=O)oc23)[C@@H](c2ccc(NC3CNC3)cn2)N1CC(F)(F)F. The van der Waals surface area contributed by atoms with E-state index >= 15 is 0 Å². The molecule has 0 aliphatic carbocycles. The van der Waals surface area contributed by atoms with Crippen molar-refractivity contribution in [2.75, 3.05) is 25.0 Å². The Morgan fingerprint density at radius 3 is 2.71 bits per heavy atom. The van der Waals surface area contributed by atoms with Gasteiger partial charge in [-0.15, -0.1) is 0 Å². The Kier molecular flexibility index (Phi) is 4.78. The maximum Gasteiger partial charge on any atom is 0.417 e. The number of aromatic nitrogens is 2. The minimum atomic E-state index is -4.35. The molecule has 0 radical (unpaired) electrons. The summed E-state index contributed by atoms with van der Waals surface area (Å²) < 4.78 is 45.7. The third-order valence-electron chi connectivity index (χ3n) is 6.00. The monoisotopic (exact) mass is 433 g/mol. The van der Waals surface area contributed by atoms with E-state index in [1.807, 2.05) is 6.07 Å². The molecule has 4 heterocycles. The molecule has 0 unspecified atom stereocenters. The normalized spacial score (nSPS) is 22.3. The summed E-state index contributed by atoms with van der Waals surface area (Å²) in [7, 11) is 0. The summed E-state index contributed by atoms with van der Waals surface area (Å²) >= 11 is 0. The molecule has 1 fully saturated rings. The van der Waals surface area contributed by atoms with Crippen molar-refractivity contribution < 1.29 is 17.6 Å². The van der Waals surface area contributed by atoms with E-state index in [1.54, 1.807) is 31.3 Å². The predicted octanol–water partition coefficient (Wildman–Crippen LogP) is 2.80. The first kappa shape index (κ1) is 20.1. The summed E-state index contributed by atoms with van der Waals surface area (Å²) in [6.07, 6.45) is -2.35. The average Bonchev–Trinajstić information content (AvgIpc) is 3.06. The second-order valence-electron chi connectivity index (χ2n) is 8.24. The number of halogens is 3. The molecule has 1 aromatic carbocycles. The van der Waals surface area contributed by atoms with Gasteiger partial charge in [-0.2, -0.15) is 13.2 Å². The van der Waals surface area contributed by atoms with Gasteiger partial charge >= 0.3 is 11.9 Å². The van der Waals surface area contributed by atoms with Crippen LogP contribution in [0.3, 0.4) is 0 Å². The molecule has 10 heteroatoms. The van der Waals surface area contributed by atoms with Gasteiger partial charge in [0.1, 0.15) is 0 Å². The molecular weight excluding hydrogens is 411 g/mol. The smallest absolute Gasteiger partial charge is 0.408 e. The Labute approximate surface area is 175 Å². The first-order chi connectivity index (χ1) is 14.8. The number of rotatable bonds is 4. The van der Waals surface area contributed by atoms with Gasteiger partial charge < -0.3 is 15.1 Å². The lowest BCUT2D eigenvalue weighted by molar-refractivity contribution is -0.155.